The molecule has 2 rings (SSSR count). The molecule has 2 heterocycles. The molecule has 0 aliphatic carbocycles. The summed E-state index contributed by atoms with van der Waals surface area (Å²) >= 11 is 4.12. The highest BCUT2D eigenvalue weighted by Gasteiger charge is 2.32. The molecule has 0 spiro atoms. The lowest BCUT2D eigenvalue weighted by molar-refractivity contribution is 0.526. The van der Waals surface area contributed by atoms with Crippen LogP contribution >= 0.6 is 23.5 Å². The highest BCUT2D eigenvalue weighted by molar-refractivity contribution is 8.07. The smallest absolute Gasteiger partial charge is 0.128 e. The fourth-order valence-corrected chi connectivity index (χ4v) is 5.27. The highest BCUT2D eigenvalue weighted by atomic mass is 32.2. The lowest BCUT2D eigenvalue weighted by Gasteiger charge is -2.35. The Hall–Kier alpha value is -0.390. The monoisotopic (exact) mass is 283 g/mol. The van der Waals surface area contributed by atoms with Crippen LogP contribution in [0.4, 0.5) is 5.82 Å². The molecule has 3 unspecified atom stereocenters. The maximum absolute atomic E-state index is 6.04. The first kappa shape index (κ1) is 14.0. The Labute approximate surface area is 118 Å². The second kappa shape index (κ2) is 6.68. The zero-order valence-corrected chi connectivity index (χ0v) is 12.6. The van der Waals surface area contributed by atoms with Gasteiger partial charge in [-0.05, 0) is 12.6 Å². The SMILES string of the molecule is CCNC(c1cccnc1N)C1SCCSC1C. The van der Waals surface area contributed by atoms with E-state index in [0.29, 0.717) is 22.4 Å². The molecular weight excluding hydrogens is 262 g/mol. The number of anilines is 1. The molecule has 0 amide bonds. The molecule has 1 aromatic rings. The van der Waals surface area contributed by atoms with Gasteiger partial charge in [0, 0.05) is 39.8 Å². The van der Waals surface area contributed by atoms with Crippen LogP contribution in [0.15, 0.2) is 18.3 Å². The maximum atomic E-state index is 6.04. The average Bonchev–Trinajstić information content (AvgIpc) is 2.38. The summed E-state index contributed by atoms with van der Waals surface area (Å²) in [7, 11) is 0. The number of thioether (sulfide) groups is 2. The van der Waals surface area contributed by atoms with Gasteiger partial charge in [-0.25, -0.2) is 4.98 Å². The Morgan fingerprint density at radius 3 is 2.94 bits per heavy atom. The number of hydrogen-bond acceptors (Lipinski definition) is 5. The van der Waals surface area contributed by atoms with E-state index in [1.54, 1.807) is 6.20 Å². The summed E-state index contributed by atoms with van der Waals surface area (Å²) in [6, 6.07) is 4.38. The lowest BCUT2D eigenvalue weighted by atomic mass is 10.0. The number of pyridine rings is 1. The molecule has 100 valence electrons. The van der Waals surface area contributed by atoms with Crippen molar-refractivity contribution >= 4 is 29.3 Å². The van der Waals surface area contributed by atoms with Crippen LogP contribution in [0.5, 0.6) is 0 Å². The van der Waals surface area contributed by atoms with Crippen molar-refractivity contribution in [3.63, 3.8) is 0 Å². The van der Waals surface area contributed by atoms with E-state index < -0.39 is 0 Å². The largest absolute Gasteiger partial charge is 0.383 e. The third-order valence-electron chi connectivity index (χ3n) is 3.20. The molecule has 1 aliphatic heterocycles. The normalized spacial score (nSPS) is 25.9. The number of nitrogens with zero attached hydrogens (tertiary/aromatic N) is 1. The van der Waals surface area contributed by atoms with Crippen molar-refractivity contribution in [3.05, 3.63) is 23.9 Å². The Morgan fingerprint density at radius 1 is 1.50 bits per heavy atom. The molecule has 0 aromatic carbocycles. The van der Waals surface area contributed by atoms with Crippen LogP contribution in [0.1, 0.15) is 25.5 Å². The first-order valence-corrected chi connectivity index (χ1v) is 8.50. The Balaban J connectivity index is 2.24. The van der Waals surface area contributed by atoms with Gasteiger partial charge in [-0.1, -0.05) is 19.9 Å². The van der Waals surface area contributed by atoms with Gasteiger partial charge < -0.3 is 11.1 Å². The minimum Gasteiger partial charge on any atom is -0.383 e. The molecule has 1 saturated heterocycles. The molecule has 3 nitrogen and oxygen atoms in total. The van der Waals surface area contributed by atoms with Gasteiger partial charge in [0.1, 0.15) is 5.82 Å². The number of nitrogens with two attached hydrogens (primary N) is 1. The fourth-order valence-electron chi connectivity index (χ4n) is 2.33. The highest BCUT2D eigenvalue weighted by Crippen LogP contribution is 2.39. The number of hydrogen-bond donors (Lipinski definition) is 2. The molecule has 0 bridgehead atoms. The van der Waals surface area contributed by atoms with Crippen molar-refractivity contribution < 1.29 is 0 Å². The molecule has 3 atom stereocenters. The van der Waals surface area contributed by atoms with Crippen molar-refractivity contribution in [3.8, 4) is 0 Å². The quantitative estimate of drug-likeness (QED) is 0.889. The van der Waals surface area contributed by atoms with Crippen LogP contribution < -0.4 is 11.1 Å². The van der Waals surface area contributed by atoms with E-state index in [0.717, 1.165) is 12.1 Å². The van der Waals surface area contributed by atoms with Gasteiger partial charge in [0.05, 0.1) is 0 Å². The second-order valence-electron chi connectivity index (χ2n) is 4.42. The Bertz CT molecular complexity index is 386. The van der Waals surface area contributed by atoms with Crippen LogP contribution in [0.3, 0.4) is 0 Å². The van der Waals surface area contributed by atoms with Gasteiger partial charge >= 0.3 is 0 Å². The standard InChI is InChI=1S/C13H21N3S2/c1-3-15-11(10-5-4-6-16-13(10)14)12-9(2)17-7-8-18-12/h4-6,9,11-12,15H,3,7-8H2,1-2H3,(H2,14,16). The number of rotatable bonds is 4. The fraction of sp³-hybridized carbons (Fsp3) is 0.615. The molecule has 1 fully saturated rings. The average molecular weight is 283 g/mol. The summed E-state index contributed by atoms with van der Waals surface area (Å²) in [4.78, 5) is 4.22. The zero-order valence-electron chi connectivity index (χ0n) is 10.9. The van der Waals surface area contributed by atoms with Crippen LogP contribution in [0.2, 0.25) is 0 Å². The Morgan fingerprint density at radius 2 is 2.28 bits per heavy atom. The molecule has 0 radical (unpaired) electrons. The third kappa shape index (κ3) is 3.13. The molecule has 0 saturated carbocycles. The molecule has 1 aromatic heterocycles. The van der Waals surface area contributed by atoms with E-state index in [-0.39, 0.29) is 0 Å². The van der Waals surface area contributed by atoms with Gasteiger partial charge in [0.2, 0.25) is 0 Å². The minimum atomic E-state index is 0.302. The second-order valence-corrected chi connectivity index (χ2v) is 7.20. The first-order chi connectivity index (χ1) is 8.74. The summed E-state index contributed by atoms with van der Waals surface area (Å²) in [6.07, 6.45) is 1.76. The van der Waals surface area contributed by atoms with Crippen LogP contribution in [0, 0.1) is 0 Å². The summed E-state index contributed by atoms with van der Waals surface area (Å²) in [5, 5.41) is 4.80. The van der Waals surface area contributed by atoms with E-state index in [4.69, 9.17) is 5.73 Å². The molecule has 1 aliphatic rings. The van der Waals surface area contributed by atoms with Crippen LogP contribution in [-0.4, -0.2) is 33.5 Å². The number of aromatic nitrogens is 1. The van der Waals surface area contributed by atoms with E-state index >= 15 is 0 Å². The van der Waals surface area contributed by atoms with Gasteiger partial charge in [0.25, 0.3) is 0 Å². The van der Waals surface area contributed by atoms with E-state index in [2.05, 4.69) is 53.7 Å². The van der Waals surface area contributed by atoms with Gasteiger partial charge in [-0.2, -0.15) is 23.5 Å². The number of nitrogen functional groups attached to an aromatic ring is 1. The van der Waals surface area contributed by atoms with Crippen molar-refractivity contribution in [2.45, 2.75) is 30.4 Å². The minimum absolute atomic E-state index is 0.302. The van der Waals surface area contributed by atoms with E-state index in [1.807, 2.05) is 6.07 Å². The Kier molecular flexibility index (Phi) is 5.21. The molecule has 5 heteroatoms. The summed E-state index contributed by atoms with van der Waals surface area (Å²) in [5.74, 6) is 3.14. The summed E-state index contributed by atoms with van der Waals surface area (Å²) < 4.78 is 0. The zero-order chi connectivity index (χ0) is 13.0. The van der Waals surface area contributed by atoms with Crippen molar-refractivity contribution in [1.82, 2.24) is 10.3 Å². The van der Waals surface area contributed by atoms with Crippen molar-refractivity contribution in [1.29, 1.82) is 0 Å². The van der Waals surface area contributed by atoms with Gasteiger partial charge in [-0.15, -0.1) is 0 Å². The van der Waals surface area contributed by atoms with Gasteiger partial charge in [0.15, 0.2) is 0 Å². The van der Waals surface area contributed by atoms with Crippen molar-refractivity contribution in [2.75, 3.05) is 23.8 Å². The molecular formula is C13H21N3S2. The van der Waals surface area contributed by atoms with Crippen LogP contribution in [0.25, 0.3) is 0 Å². The van der Waals surface area contributed by atoms with Crippen molar-refractivity contribution in [2.24, 2.45) is 0 Å². The lowest BCUT2D eigenvalue weighted by Crippen LogP contribution is -2.38. The number of nitrogens with one attached hydrogen (secondary N) is 1. The predicted octanol–water partition coefficient (Wildman–Crippen LogP) is 2.55. The van der Waals surface area contributed by atoms with Gasteiger partial charge in [-0.3, -0.25) is 0 Å². The summed E-state index contributed by atoms with van der Waals surface area (Å²) in [6.45, 7) is 5.41. The van der Waals surface area contributed by atoms with Crippen LogP contribution in [-0.2, 0) is 0 Å². The summed E-state index contributed by atoms with van der Waals surface area (Å²) in [5.41, 5.74) is 7.18. The topological polar surface area (TPSA) is 50.9 Å². The maximum Gasteiger partial charge on any atom is 0.128 e. The van der Waals surface area contributed by atoms with E-state index in [9.17, 15) is 0 Å². The molecule has 3 N–H and O–H groups in total. The predicted molar refractivity (Wildman–Crippen MR) is 83.2 cm³/mol. The van der Waals surface area contributed by atoms with E-state index in [1.165, 1.54) is 11.5 Å². The first-order valence-electron chi connectivity index (χ1n) is 6.41. The third-order valence-corrected chi connectivity index (χ3v) is 6.39. The molecule has 18 heavy (non-hydrogen) atoms.